The molecule has 2 rings (SSSR count). The van der Waals surface area contributed by atoms with Crippen molar-refractivity contribution in [1.82, 2.24) is 0 Å². The van der Waals surface area contributed by atoms with Crippen LogP contribution in [0, 0.1) is 11.6 Å². The summed E-state index contributed by atoms with van der Waals surface area (Å²) < 4.78 is 32.1. The summed E-state index contributed by atoms with van der Waals surface area (Å²) in [6, 6.07) is 8.77. The van der Waals surface area contributed by atoms with Gasteiger partial charge in [-0.1, -0.05) is 23.7 Å². The fourth-order valence-corrected chi connectivity index (χ4v) is 1.96. The lowest BCUT2D eigenvalue weighted by atomic mass is 10.1. The van der Waals surface area contributed by atoms with Crippen LogP contribution in [0.5, 0.6) is 11.5 Å². The molecular weight excluding hydrogens is 272 g/mol. The van der Waals surface area contributed by atoms with Crippen LogP contribution in [-0.4, -0.2) is 6.54 Å². The summed E-state index contributed by atoms with van der Waals surface area (Å²) in [6.45, 7) is 0.381. The smallest absolute Gasteiger partial charge is 0.201 e. The number of halogens is 3. The Bertz CT molecular complexity index is 590. The van der Waals surface area contributed by atoms with Gasteiger partial charge in [0.05, 0.1) is 0 Å². The zero-order valence-corrected chi connectivity index (χ0v) is 10.8. The number of rotatable bonds is 4. The highest BCUT2D eigenvalue weighted by Crippen LogP contribution is 2.32. The van der Waals surface area contributed by atoms with E-state index >= 15 is 0 Å². The van der Waals surface area contributed by atoms with Crippen LogP contribution in [0.2, 0.25) is 5.02 Å². The average molecular weight is 284 g/mol. The SMILES string of the molecule is NCCc1c(Cl)cccc1Oc1cccc(F)c1F. The summed E-state index contributed by atoms with van der Waals surface area (Å²) in [6.07, 6.45) is 0.492. The van der Waals surface area contributed by atoms with Crippen molar-refractivity contribution < 1.29 is 13.5 Å². The summed E-state index contributed by atoms with van der Waals surface area (Å²) in [5.74, 6) is -1.79. The third-order valence-corrected chi connectivity index (χ3v) is 2.96. The minimum absolute atomic E-state index is 0.180. The molecule has 0 spiro atoms. The van der Waals surface area contributed by atoms with Gasteiger partial charge in [-0.25, -0.2) is 4.39 Å². The van der Waals surface area contributed by atoms with Crippen LogP contribution < -0.4 is 10.5 Å². The summed E-state index contributed by atoms with van der Waals surface area (Å²) in [7, 11) is 0. The van der Waals surface area contributed by atoms with Crippen LogP contribution in [0.3, 0.4) is 0 Å². The van der Waals surface area contributed by atoms with Crippen LogP contribution in [0.15, 0.2) is 36.4 Å². The number of ether oxygens (including phenoxy) is 1. The van der Waals surface area contributed by atoms with Crippen LogP contribution >= 0.6 is 11.6 Å². The van der Waals surface area contributed by atoms with E-state index in [0.29, 0.717) is 29.3 Å². The van der Waals surface area contributed by atoms with Crippen molar-refractivity contribution in [3.63, 3.8) is 0 Å². The van der Waals surface area contributed by atoms with Crippen molar-refractivity contribution in [3.05, 3.63) is 58.6 Å². The predicted octanol–water partition coefficient (Wildman–Crippen LogP) is 3.91. The second-order valence-electron chi connectivity index (χ2n) is 3.91. The first-order chi connectivity index (χ1) is 9.13. The summed E-state index contributed by atoms with van der Waals surface area (Å²) in [5, 5.41) is 0.486. The van der Waals surface area contributed by atoms with Crippen LogP contribution in [0.1, 0.15) is 5.56 Å². The highest BCUT2D eigenvalue weighted by atomic mass is 35.5. The number of hydrogen-bond donors (Lipinski definition) is 1. The minimum atomic E-state index is -1.03. The molecule has 19 heavy (non-hydrogen) atoms. The Labute approximate surface area is 114 Å². The predicted molar refractivity (Wildman–Crippen MR) is 70.6 cm³/mol. The first-order valence-corrected chi connectivity index (χ1v) is 6.10. The lowest BCUT2D eigenvalue weighted by Crippen LogP contribution is -2.05. The second kappa shape index (κ2) is 5.99. The third-order valence-electron chi connectivity index (χ3n) is 2.61. The van der Waals surface area contributed by atoms with Crippen molar-refractivity contribution in [1.29, 1.82) is 0 Å². The van der Waals surface area contributed by atoms with Gasteiger partial charge in [-0.15, -0.1) is 0 Å². The topological polar surface area (TPSA) is 35.2 Å². The Morgan fingerprint density at radius 2 is 1.74 bits per heavy atom. The summed E-state index contributed by atoms with van der Waals surface area (Å²) >= 11 is 6.04. The molecule has 0 fully saturated rings. The zero-order valence-electron chi connectivity index (χ0n) is 10.00. The molecule has 0 aliphatic carbocycles. The molecule has 2 nitrogen and oxygen atoms in total. The standard InChI is InChI=1S/C14H12ClF2NO/c15-10-3-1-5-12(9(10)7-8-18)19-13-6-2-4-11(16)14(13)17/h1-6H,7-8,18H2. The lowest BCUT2D eigenvalue weighted by Gasteiger charge is -2.12. The van der Waals surface area contributed by atoms with Gasteiger partial charge in [0.25, 0.3) is 0 Å². The molecule has 0 aliphatic rings. The average Bonchev–Trinajstić information content (AvgIpc) is 2.39. The molecule has 2 N–H and O–H groups in total. The molecule has 2 aromatic rings. The van der Waals surface area contributed by atoms with Gasteiger partial charge in [0.1, 0.15) is 5.75 Å². The van der Waals surface area contributed by atoms with E-state index in [1.807, 2.05) is 0 Å². The van der Waals surface area contributed by atoms with Gasteiger partial charge in [0, 0.05) is 10.6 Å². The molecule has 0 atom stereocenters. The monoisotopic (exact) mass is 283 g/mol. The highest BCUT2D eigenvalue weighted by molar-refractivity contribution is 6.31. The van der Waals surface area contributed by atoms with Crippen LogP contribution in [0.4, 0.5) is 8.78 Å². The maximum absolute atomic E-state index is 13.5. The number of hydrogen-bond acceptors (Lipinski definition) is 2. The van der Waals surface area contributed by atoms with E-state index < -0.39 is 11.6 Å². The van der Waals surface area contributed by atoms with Gasteiger partial charge < -0.3 is 10.5 Å². The second-order valence-corrected chi connectivity index (χ2v) is 4.32. The van der Waals surface area contributed by atoms with E-state index in [1.165, 1.54) is 12.1 Å². The first-order valence-electron chi connectivity index (χ1n) is 5.73. The molecule has 0 aliphatic heterocycles. The van der Waals surface area contributed by atoms with E-state index in [0.717, 1.165) is 6.07 Å². The van der Waals surface area contributed by atoms with Gasteiger partial charge in [-0.2, -0.15) is 4.39 Å². The highest BCUT2D eigenvalue weighted by Gasteiger charge is 2.13. The number of nitrogens with two attached hydrogens (primary N) is 1. The van der Waals surface area contributed by atoms with Crippen LogP contribution in [-0.2, 0) is 6.42 Å². The largest absolute Gasteiger partial charge is 0.454 e. The van der Waals surface area contributed by atoms with Crippen molar-refractivity contribution >= 4 is 11.6 Å². The van der Waals surface area contributed by atoms with Gasteiger partial charge in [-0.3, -0.25) is 0 Å². The van der Waals surface area contributed by atoms with Crippen molar-refractivity contribution in [2.75, 3.05) is 6.54 Å². The van der Waals surface area contributed by atoms with Gasteiger partial charge in [0.15, 0.2) is 11.6 Å². The van der Waals surface area contributed by atoms with E-state index in [2.05, 4.69) is 0 Å². The minimum Gasteiger partial charge on any atom is -0.454 e. The third kappa shape index (κ3) is 3.03. The van der Waals surface area contributed by atoms with Crippen molar-refractivity contribution in [2.24, 2.45) is 5.73 Å². The maximum Gasteiger partial charge on any atom is 0.201 e. The fourth-order valence-electron chi connectivity index (χ4n) is 1.70. The molecule has 0 bridgehead atoms. The van der Waals surface area contributed by atoms with E-state index in [9.17, 15) is 8.78 Å². The molecule has 0 amide bonds. The van der Waals surface area contributed by atoms with E-state index in [4.69, 9.17) is 22.1 Å². The normalized spacial score (nSPS) is 10.5. The Balaban J connectivity index is 2.38. The molecule has 0 radical (unpaired) electrons. The van der Waals surface area contributed by atoms with Crippen molar-refractivity contribution in [3.8, 4) is 11.5 Å². The Hall–Kier alpha value is -1.65. The van der Waals surface area contributed by atoms with Crippen LogP contribution in [0.25, 0.3) is 0 Å². The molecule has 100 valence electrons. The van der Waals surface area contributed by atoms with Gasteiger partial charge in [-0.05, 0) is 37.2 Å². The lowest BCUT2D eigenvalue weighted by molar-refractivity contribution is 0.413. The molecule has 5 heteroatoms. The van der Waals surface area contributed by atoms with Gasteiger partial charge >= 0.3 is 0 Å². The Morgan fingerprint density at radius 3 is 2.47 bits per heavy atom. The first kappa shape index (κ1) is 13.8. The van der Waals surface area contributed by atoms with E-state index in [-0.39, 0.29) is 5.75 Å². The van der Waals surface area contributed by atoms with Gasteiger partial charge in [0.2, 0.25) is 5.82 Å². The molecule has 0 saturated carbocycles. The molecule has 0 heterocycles. The molecule has 0 aromatic heterocycles. The van der Waals surface area contributed by atoms with E-state index in [1.54, 1.807) is 18.2 Å². The molecule has 0 saturated heterocycles. The molecule has 2 aromatic carbocycles. The van der Waals surface area contributed by atoms with Crippen molar-refractivity contribution in [2.45, 2.75) is 6.42 Å². The zero-order chi connectivity index (χ0) is 13.8. The maximum atomic E-state index is 13.5. The Kier molecular flexibility index (Phi) is 4.35. The number of benzene rings is 2. The summed E-state index contributed by atoms with van der Waals surface area (Å²) in [4.78, 5) is 0. The molecular formula is C14H12ClF2NO. The Morgan fingerprint density at radius 1 is 1.05 bits per heavy atom. The quantitative estimate of drug-likeness (QED) is 0.923. The summed E-state index contributed by atoms with van der Waals surface area (Å²) in [5.41, 5.74) is 6.17. The fraction of sp³-hybridized carbons (Fsp3) is 0.143. The molecule has 0 unspecified atom stereocenters.